The minimum absolute atomic E-state index is 0.350. The first-order valence-corrected chi connectivity index (χ1v) is 32.8. The Bertz CT molecular complexity index is 1810. The van der Waals surface area contributed by atoms with Crippen LogP contribution in [0.3, 0.4) is 0 Å². The SMILES string of the molecule is CC[Si](CC)C(C)CCCCCCC[Si](CCCCCCCC(C)[Si](CC)CC)(C[Si](CC)(CC)CC)Oc1c(F)c(F)c2c(F)c3c(F)c(F)c(F)c(F)c3c(F)c2c1F. The standard InChI is InChI=1S/C47H73F9OSi4/c1-10-58(11-2)32(8)27-23-19-17-21-25-29-61(31-60(14-5,15-6)16-7,30-26-22-18-20-24-28-33(9)59(12-3)13-4)57-47-43(53)37-36(42(52)46(47)56)38(48)34-35(39(37)49)41(51)45(55)44(54)40(34)50/h32-33H,10-31H2,1-9H3. The molecule has 61 heavy (non-hydrogen) atoms. The fraction of sp³-hybridized carbons (Fsp3) is 0.702. The molecule has 0 fully saturated rings. The van der Waals surface area contributed by atoms with Crippen molar-refractivity contribution >= 4 is 55.5 Å². The summed E-state index contributed by atoms with van der Waals surface area (Å²) >= 11 is 0. The van der Waals surface area contributed by atoms with E-state index in [1.165, 1.54) is 37.0 Å². The zero-order valence-corrected chi connectivity index (χ0v) is 42.5. The van der Waals surface area contributed by atoms with Crippen molar-refractivity contribution in [1.29, 1.82) is 0 Å². The quantitative estimate of drug-likeness (QED) is 0.0168. The molecule has 1 nitrogen and oxygen atoms in total. The third-order valence-electron chi connectivity index (χ3n) is 14.4. The van der Waals surface area contributed by atoms with E-state index in [9.17, 15) is 13.2 Å². The number of rotatable bonds is 29. The van der Waals surface area contributed by atoms with Gasteiger partial charge in [-0.05, 0) is 28.8 Å². The minimum Gasteiger partial charge on any atom is -0.540 e. The molecule has 0 spiro atoms. The molecule has 3 rings (SSSR count). The fourth-order valence-electron chi connectivity index (χ4n) is 10.1. The molecule has 3 aromatic carbocycles. The summed E-state index contributed by atoms with van der Waals surface area (Å²) in [4.78, 5) is 0. The normalized spacial score (nSPS) is 14.5. The van der Waals surface area contributed by atoms with E-state index in [0.717, 1.165) is 93.4 Å². The molecule has 3 aromatic rings. The molecule has 0 aliphatic rings. The molecule has 2 radical (unpaired) electrons. The Hall–Kier alpha value is -1.78. The van der Waals surface area contributed by atoms with Gasteiger partial charge < -0.3 is 4.43 Å². The lowest BCUT2D eigenvalue weighted by Gasteiger charge is -2.40. The van der Waals surface area contributed by atoms with E-state index in [2.05, 4.69) is 62.3 Å². The smallest absolute Gasteiger partial charge is 0.249 e. The van der Waals surface area contributed by atoms with E-state index in [0.29, 0.717) is 17.8 Å². The van der Waals surface area contributed by atoms with Gasteiger partial charge in [0.05, 0.1) is 47.2 Å². The first-order chi connectivity index (χ1) is 29.0. The van der Waals surface area contributed by atoms with E-state index in [1.54, 1.807) is 0 Å². The molecule has 0 aliphatic heterocycles. The van der Waals surface area contributed by atoms with Crippen molar-refractivity contribution in [3.8, 4) is 5.75 Å². The lowest BCUT2D eigenvalue weighted by atomic mass is 9.99. The second-order valence-corrected chi connectivity index (χ2v) is 35.4. The molecule has 0 saturated heterocycles. The molecule has 2 atom stereocenters. The van der Waals surface area contributed by atoms with Crippen molar-refractivity contribution < 1.29 is 43.9 Å². The van der Waals surface area contributed by atoms with E-state index < -0.39 is 96.0 Å². The van der Waals surface area contributed by atoms with Crippen molar-refractivity contribution in [2.45, 2.75) is 211 Å². The molecule has 0 bridgehead atoms. The van der Waals surface area contributed by atoms with Crippen molar-refractivity contribution in [1.82, 2.24) is 0 Å². The zero-order valence-electron chi connectivity index (χ0n) is 38.5. The first-order valence-electron chi connectivity index (χ1n) is 23.5. The Morgan fingerprint density at radius 3 is 1.10 bits per heavy atom. The Labute approximate surface area is 366 Å². The average molecular weight is 937 g/mol. The van der Waals surface area contributed by atoms with Gasteiger partial charge in [-0.25, -0.2) is 35.1 Å². The number of hydrogen-bond donors (Lipinski definition) is 0. The minimum atomic E-state index is -3.29. The lowest BCUT2D eigenvalue weighted by Crippen LogP contribution is -2.51. The Morgan fingerprint density at radius 2 is 0.738 bits per heavy atom. The molecule has 346 valence electrons. The van der Waals surface area contributed by atoms with Crippen LogP contribution in [-0.2, 0) is 0 Å². The highest BCUT2D eigenvalue weighted by molar-refractivity contribution is 6.95. The Morgan fingerprint density at radius 1 is 0.410 bits per heavy atom. The molecule has 0 amide bonds. The number of unbranched alkanes of at least 4 members (excludes halogenated alkanes) is 8. The highest BCUT2D eigenvalue weighted by Gasteiger charge is 2.46. The molecular formula is C47H73F9OSi4. The van der Waals surface area contributed by atoms with Gasteiger partial charge in [0.1, 0.15) is 11.6 Å². The maximum atomic E-state index is 16.8. The van der Waals surface area contributed by atoms with Gasteiger partial charge in [0.15, 0.2) is 40.7 Å². The van der Waals surface area contributed by atoms with Gasteiger partial charge in [-0.15, -0.1) is 0 Å². The van der Waals surface area contributed by atoms with Gasteiger partial charge in [0.25, 0.3) is 0 Å². The third-order valence-corrected chi connectivity index (χ3v) is 34.7. The summed E-state index contributed by atoms with van der Waals surface area (Å²) in [5.74, 6) is -20.8. The van der Waals surface area contributed by atoms with Crippen LogP contribution < -0.4 is 4.43 Å². The number of hydrogen-bond acceptors (Lipinski definition) is 1. The second kappa shape index (κ2) is 25.1. The highest BCUT2D eigenvalue weighted by atomic mass is 28.4. The molecule has 0 N–H and O–H groups in total. The summed E-state index contributed by atoms with van der Waals surface area (Å²) in [5.41, 5.74) is 2.13. The van der Waals surface area contributed by atoms with Crippen LogP contribution in [0.4, 0.5) is 39.5 Å². The van der Waals surface area contributed by atoms with Gasteiger partial charge in [0.2, 0.25) is 14.1 Å². The van der Waals surface area contributed by atoms with Gasteiger partial charge >= 0.3 is 0 Å². The van der Waals surface area contributed by atoms with Crippen molar-refractivity contribution in [3.05, 3.63) is 52.4 Å². The largest absolute Gasteiger partial charge is 0.540 e. The van der Waals surface area contributed by atoms with Crippen LogP contribution in [0.15, 0.2) is 0 Å². The third kappa shape index (κ3) is 12.7. The van der Waals surface area contributed by atoms with Gasteiger partial charge in [-0.3, -0.25) is 0 Å². The number of benzene rings is 3. The lowest BCUT2D eigenvalue weighted by molar-refractivity contribution is 0.410. The van der Waals surface area contributed by atoms with Crippen LogP contribution in [0.25, 0.3) is 21.5 Å². The molecular weight excluding hydrogens is 864 g/mol. The maximum Gasteiger partial charge on any atom is 0.249 e. The van der Waals surface area contributed by atoms with Crippen LogP contribution in [0.5, 0.6) is 5.75 Å². The summed E-state index contributed by atoms with van der Waals surface area (Å²) in [6.45, 7) is 20.2. The average Bonchev–Trinajstić information content (AvgIpc) is 3.25. The molecule has 2 unspecified atom stereocenters. The summed E-state index contributed by atoms with van der Waals surface area (Å²) in [6, 6.07) is 8.79. The maximum absolute atomic E-state index is 16.8. The van der Waals surface area contributed by atoms with E-state index in [1.807, 2.05) is 0 Å². The van der Waals surface area contributed by atoms with Crippen LogP contribution >= 0.6 is 0 Å². The second-order valence-electron chi connectivity index (χ2n) is 17.8. The zero-order chi connectivity index (χ0) is 45.7. The first kappa shape index (κ1) is 53.6. The van der Waals surface area contributed by atoms with E-state index in [4.69, 9.17) is 4.43 Å². The molecule has 0 aliphatic carbocycles. The summed E-state index contributed by atoms with van der Waals surface area (Å²) in [7, 11) is -6.10. The predicted molar refractivity (Wildman–Crippen MR) is 247 cm³/mol. The molecule has 0 saturated carbocycles. The van der Waals surface area contributed by atoms with Crippen molar-refractivity contribution in [2.75, 3.05) is 0 Å². The van der Waals surface area contributed by atoms with Crippen molar-refractivity contribution in [3.63, 3.8) is 0 Å². The molecule has 0 heterocycles. The molecule has 14 heteroatoms. The summed E-state index contributed by atoms with van der Waals surface area (Å²) in [5, 5.41) is -6.71. The highest BCUT2D eigenvalue weighted by Crippen LogP contribution is 2.45. The number of fused-ring (bicyclic) bond motifs is 2. The van der Waals surface area contributed by atoms with Gasteiger partial charge in [-0.1, -0.05) is 182 Å². The van der Waals surface area contributed by atoms with Crippen molar-refractivity contribution in [2.24, 2.45) is 0 Å². The van der Waals surface area contributed by atoms with Crippen LogP contribution in [-0.4, -0.2) is 34.0 Å². The van der Waals surface area contributed by atoms with Crippen LogP contribution in [0.1, 0.15) is 139 Å². The van der Waals surface area contributed by atoms with Gasteiger partial charge in [0, 0.05) is 0 Å². The van der Waals surface area contributed by atoms with E-state index in [-0.39, 0.29) is 17.6 Å². The predicted octanol–water partition coefficient (Wildman–Crippen LogP) is 18.1. The Kier molecular flexibility index (Phi) is 22.0. The Balaban J connectivity index is 2.08. The van der Waals surface area contributed by atoms with E-state index >= 15 is 26.3 Å². The topological polar surface area (TPSA) is 9.23 Å². The summed E-state index contributed by atoms with van der Waals surface area (Å²) in [6.07, 6.45) is 12.0. The summed E-state index contributed by atoms with van der Waals surface area (Å²) < 4.78 is 146. The number of halogens is 9. The van der Waals surface area contributed by atoms with Crippen LogP contribution in [0.2, 0.25) is 71.1 Å². The van der Waals surface area contributed by atoms with Gasteiger partial charge in [-0.2, -0.15) is 4.39 Å². The van der Waals surface area contributed by atoms with Crippen LogP contribution in [0, 0.1) is 52.4 Å². The molecule has 0 aromatic heterocycles. The fourth-order valence-corrected chi connectivity index (χ4v) is 29.6. The monoisotopic (exact) mass is 936 g/mol.